The molecule has 0 radical (unpaired) electrons. The molecule has 23 heavy (non-hydrogen) atoms. The van der Waals surface area contributed by atoms with E-state index >= 15 is 0 Å². The van der Waals surface area contributed by atoms with E-state index < -0.39 is 0 Å². The number of hydrogen-bond acceptors (Lipinski definition) is 4. The van der Waals surface area contributed by atoms with Crippen LogP contribution in [0.5, 0.6) is 5.75 Å². The minimum Gasteiger partial charge on any atom is -0.495 e. The fourth-order valence-corrected chi connectivity index (χ4v) is 3.37. The zero-order valence-corrected chi connectivity index (χ0v) is 13.8. The van der Waals surface area contributed by atoms with Crippen molar-refractivity contribution >= 4 is 28.8 Å². The van der Waals surface area contributed by atoms with E-state index in [9.17, 15) is 9.59 Å². The number of hydrogen-bond donors (Lipinski definition) is 2. The molecule has 1 aromatic carbocycles. The molecule has 5 nitrogen and oxygen atoms in total. The zero-order valence-electron chi connectivity index (χ0n) is 13.0. The number of carbonyl (C=O) groups excluding carboxylic acids is 2. The highest BCUT2D eigenvalue weighted by Crippen LogP contribution is 2.43. The summed E-state index contributed by atoms with van der Waals surface area (Å²) >= 11 is 1.44. The molecule has 0 aliphatic heterocycles. The Morgan fingerprint density at radius 2 is 2.00 bits per heavy atom. The van der Waals surface area contributed by atoms with Crippen molar-refractivity contribution < 1.29 is 14.3 Å². The van der Waals surface area contributed by atoms with Crippen molar-refractivity contribution in [2.24, 2.45) is 0 Å². The molecule has 6 heteroatoms. The molecule has 0 saturated heterocycles. The van der Waals surface area contributed by atoms with Gasteiger partial charge >= 0.3 is 0 Å². The van der Waals surface area contributed by atoms with Crippen LogP contribution in [0.1, 0.15) is 44.4 Å². The van der Waals surface area contributed by atoms with Gasteiger partial charge in [0, 0.05) is 12.6 Å². The van der Waals surface area contributed by atoms with Gasteiger partial charge in [0.15, 0.2) is 0 Å². The molecule has 0 spiro atoms. The lowest BCUT2D eigenvalue weighted by atomic mass is 10.1. The van der Waals surface area contributed by atoms with Crippen LogP contribution in [0.2, 0.25) is 0 Å². The summed E-state index contributed by atoms with van der Waals surface area (Å²) in [6.07, 6.45) is 2.29. The summed E-state index contributed by atoms with van der Waals surface area (Å²) in [7, 11) is 3.10. The molecule has 1 aliphatic carbocycles. The van der Waals surface area contributed by atoms with Crippen molar-refractivity contribution in [1.29, 1.82) is 0 Å². The Morgan fingerprint density at radius 3 is 2.65 bits per heavy atom. The number of benzene rings is 1. The first-order valence-corrected chi connectivity index (χ1v) is 8.31. The molecule has 2 N–H and O–H groups in total. The van der Waals surface area contributed by atoms with Crippen LogP contribution in [-0.2, 0) is 0 Å². The highest BCUT2D eigenvalue weighted by atomic mass is 32.1. The lowest BCUT2D eigenvalue weighted by Gasteiger charge is -2.12. The number of amides is 2. The summed E-state index contributed by atoms with van der Waals surface area (Å²) in [5, 5.41) is 7.39. The summed E-state index contributed by atoms with van der Waals surface area (Å²) < 4.78 is 5.28. The molecular formula is C17H18N2O3S. The number of methoxy groups -OCH3 is 1. The van der Waals surface area contributed by atoms with E-state index in [1.54, 1.807) is 25.2 Å². The molecule has 1 aliphatic rings. The molecule has 1 heterocycles. The third-order valence-electron chi connectivity index (χ3n) is 3.86. The number of carbonyl (C=O) groups is 2. The van der Waals surface area contributed by atoms with E-state index in [1.807, 2.05) is 11.4 Å². The SMILES string of the molecule is CNC(=O)c1ccc(OC)c(NC(=O)c2sccc2C2CC2)c1. The van der Waals surface area contributed by atoms with Crippen molar-refractivity contribution in [3.63, 3.8) is 0 Å². The van der Waals surface area contributed by atoms with Crippen molar-refractivity contribution in [3.05, 3.63) is 45.6 Å². The minimum atomic E-state index is -0.210. The van der Waals surface area contributed by atoms with Crippen LogP contribution in [0.4, 0.5) is 5.69 Å². The monoisotopic (exact) mass is 330 g/mol. The first-order valence-electron chi connectivity index (χ1n) is 7.43. The fourth-order valence-electron chi connectivity index (χ4n) is 2.49. The third kappa shape index (κ3) is 3.22. The zero-order chi connectivity index (χ0) is 16.4. The molecule has 120 valence electrons. The Hall–Kier alpha value is -2.34. The standard InChI is InChI=1S/C17H18N2O3S/c1-18-16(20)11-5-6-14(22-2)13(9-11)19-17(21)15-12(7-8-23-15)10-3-4-10/h5-10H,3-4H2,1-2H3,(H,18,20)(H,19,21). The van der Waals surface area contributed by atoms with Crippen LogP contribution < -0.4 is 15.4 Å². The molecule has 1 fully saturated rings. The van der Waals surface area contributed by atoms with Crippen molar-refractivity contribution in [2.45, 2.75) is 18.8 Å². The third-order valence-corrected chi connectivity index (χ3v) is 4.78. The smallest absolute Gasteiger partial charge is 0.266 e. The lowest BCUT2D eigenvalue weighted by molar-refractivity contribution is 0.0961. The highest BCUT2D eigenvalue weighted by Gasteiger charge is 2.29. The van der Waals surface area contributed by atoms with Crippen LogP contribution in [-0.4, -0.2) is 26.0 Å². The van der Waals surface area contributed by atoms with E-state index in [0.717, 1.165) is 23.3 Å². The topological polar surface area (TPSA) is 67.4 Å². The average molecular weight is 330 g/mol. The number of thiophene rings is 1. The molecule has 0 unspecified atom stereocenters. The van der Waals surface area contributed by atoms with Crippen molar-refractivity contribution in [2.75, 3.05) is 19.5 Å². The van der Waals surface area contributed by atoms with Gasteiger partial charge in [-0.15, -0.1) is 11.3 Å². The molecule has 2 amide bonds. The molecule has 3 rings (SSSR count). The predicted molar refractivity (Wildman–Crippen MR) is 90.6 cm³/mol. The number of ether oxygens (including phenoxy) is 1. The van der Waals surface area contributed by atoms with Crippen molar-refractivity contribution in [3.8, 4) is 5.75 Å². The molecule has 1 aromatic heterocycles. The second-order valence-corrected chi connectivity index (χ2v) is 6.34. The average Bonchev–Trinajstić information content (AvgIpc) is 3.30. The van der Waals surface area contributed by atoms with Gasteiger partial charge in [0.1, 0.15) is 5.75 Å². The van der Waals surface area contributed by atoms with Crippen LogP contribution in [0, 0.1) is 0 Å². The molecule has 0 atom stereocenters. The summed E-state index contributed by atoms with van der Waals surface area (Å²) in [5.74, 6) is 0.670. The van der Waals surface area contributed by atoms with E-state index in [4.69, 9.17) is 4.74 Å². The Kier molecular flexibility index (Phi) is 4.34. The predicted octanol–water partition coefficient (Wildman–Crippen LogP) is 3.25. The number of nitrogens with one attached hydrogen (secondary N) is 2. The van der Waals surface area contributed by atoms with Crippen LogP contribution >= 0.6 is 11.3 Å². The van der Waals surface area contributed by atoms with Crippen LogP contribution in [0.25, 0.3) is 0 Å². The van der Waals surface area contributed by atoms with Crippen LogP contribution in [0.3, 0.4) is 0 Å². The van der Waals surface area contributed by atoms with E-state index in [0.29, 0.717) is 22.9 Å². The first-order chi connectivity index (χ1) is 11.1. The van der Waals surface area contributed by atoms with Gasteiger partial charge in [0.2, 0.25) is 0 Å². The summed E-state index contributed by atoms with van der Waals surface area (Å²) in [5.41, 5.74) is 2.08. The normalized spacial score (nSPS) is 13.5. The van der Waals surface area contributed by atoms with E-state index in [-0.39, 0.29) is 11.8 Å². The van der Waals surface area contributed by atoms with E-state index in [2.05, 4.69) is 10.6 Å². The molecular weight excluding hydrogens is 312 g/mol. The summed E-state index contributed by atoms with van der Waals surface area (Å²) in [4.78, 5) is 25.1. The highest BCUT2D eigenvalue weighted by molar-refractivity contribution is 7.12. The van der Waals surface area contributed by atoms with Gasteiger partial charge in [-0.25, -0.2) is 0 Å². The number of rotatable bonds is 5. The molecule has 0 bridgehead atoms. The maximum absolute atomic E-state index is 12.6. The number of anilines is 1. The van der Waals surface area contributed by atoms with Gasteiger partial charge in [-0.3, -0.25) is 9.59 Å². The second kappa shape index (κ2) is 6.42. The minimum absolute atomic E-state index is 0.158. The first kappa shape index (κ1) is 15.6. The molecule has 2 aromatic rings. The van der Waals surface area contributed by atoms with Gasteiger partial charge < -0.3 is 15.4 Å². The Bertz CT molecular complexity index is 750. The Labute approximate surface area is 138 Å². The largest absolute Gasteiger partial charge is 0.495 e. The van der Waals surface area contributed by atoms with Gasteiger partial charge in [-0.2, -0.15) is 0 Å². The maximum atomic E-state index is 12.6. The summed E-state index contributed by atoms with van der Waals surface area (Å²) in [6.45, 7) is 0. The molecule has 1 saturated carbocycles. The Morgan fingerprint density at radius 1 is 1.22 bits per heavy atom. The van der Waals surface area contributed by atoms with Gasteiger partial charge in [-0.1, -0.05) is 0 Å². The van der Waals surface area contributed by atoms with E-state index in [1.165, 1.54) is 18.4 Å². The summed E-state index contributed by atoms with van der Waals surface area (Å²) in [6, 6.07) is 6.99. The van der Waals surface area contributed by atoms with Gasteiger partial charge in [0.25, 0.3) is 11.8 Å². The maximum Gasteiger partial charge on any atom is 0.266 e. The fraction of sp³-hybridized carbons (Fsp3) is 0.294. The Balaban J connectivity index is 1.87. The van der Waals surface area contributed by atoms with Gasteiger partial charge in [0.05, 0.1) is 17.7 Å². The quantitative estimate of drug-likeness (QED) is 0.884. The van der Waals surface area contributed by atoms with Crippen LogP contribution in [0.15, 0.2) is 29.6 Å². The van der Waals surface area contributed by atoms with Crippen molar-refractivity contribution in [1.82, 2.24) is 5.32 Å². The lowest BCUT2D eigenvalue weighted by Crippen LogP contribution is -2.19. The second-order valence-electron chi connectivity index (χ2n) is 5.43. The van der Waals surface area contributed by atoms with Gasteiger partial charge in [-0.05, 0) is 54.0 Å².